The van der Waals surface area contributed by atoms with E-state index >= 15 is 0 Å². The Kier molecular flexibility index (Phi) is 13.4. The molecule has 2 amide bonds. The number of rotatable bonds is 13. The molecule has 0 bridgehead atoms. The van der Waals surface area contributed by atoms with Gasteiger partial charge in [-0.25, -0.2) is 4.79 Å². The van der Waals surface area contributed by atoms with E-state index < -0.39 is 29.5 Å². The number of aryl methyl sites for hydroxylation is 1. The third-order valence-corrected chi connectivity index (χ3v) is 7.21. The molecule has 0 heterocycles. The average molecular weight is 558 g/mol. The molecule has 0 radical (unpaired) electrons. The topological polar surface area (TPSA) is 98.7 Å². The molecule has 3 N–H and O–H groups in total. The van der Waals surface area contributed by atoms with Gasteiger partial charge in [0.1, 0.15) is 6.04 Å². The van der Waals surface area contributed by atoms with E-state index in [4.69, 9.17) is 0 Å². The minimum Gasteiger partial charge on any atom is -0.478 e. The lowest BCUT2D eigenvalue weighted by molar-refractivity contribution is -0.138. The third kappa shape index (κ3) is 9.22. The van der Waals surface area contributed by atoms with Crippen LogP contribution in [0.3, 0.4) is 0 Å². The highest BCUT2D eigenvalue weighted by molar-refractivity contribution is 5.91. The minimum atomic E-state index is -1.02. The fraction of sp³-hybridized carbons (Fsp3) is 0.452. The van der Waals surface area contributed by atoms with Gasteiger partial charge in [-0.1, -0.05) is 94.4 Å². The second kappa shape index (κ2) is 15.4. The highest BCUT2D eigenvalue weighted by Gasteiger charge is 2.38. The molecule has 8 heteroatoms. The van der Waals surface area contributed by atoms with Gasteiger partial charge in [-0.15, -0.1) is 12.4 Å². The molecule has 0 aliphatic heterocycles. The Morgan fingerprint density at radius 3 is 2.03 bits per heavy atom. The molecule has 0 saturated carbocycles. The van der Waals surface area contributed by atoms with Gasteiger partial charge >= 0.3 is 5.97 Å². The molecule has 2 rings (SSSR count). The molecule has 0 saturated heterocycles. The van der Waals surface area contributed by atoms with E-state index in [2.05, 4.69) is 10.6 Å². The first-order valence-electron chi connectivity index (χ1n) is 13.2. The number of hydrogen-bond acceptors (Lipinski definition) is 4. The lowest BCUT2D eigenvalue weighted by Crippen LogP contribution is -2.58. The maximum atomic E-state index is 13.8. The van der Waals surface area contributed by atoms with Crippen molar-refractivity contribution in [1.82, 2.24) is 15.5 Å². The SMILES string of the molecule is CN[C@H](C(=O)N[C@@H](CCc1ccccc1)C(=O)N(C)[C@H](/C=C(\C)C(=O)O)C(C)C)C(C)(C)c1ccccc1.Cl. The molecule has 7 nitrogen and oxygen atoms in total. The van der Waals surface area contributed by atoms with Gasteiger partial charge in [0.15, 0.2) is 0 Å². The molecular weight excluding hydrogens is 514 g/mol. The molecule has 214 valence electrons. The Balaban J connectivity index is 0.00000760. The van der Waals surface area contributed by atoms with E-state index in [1.807, 2.05) is 88.4 Å². The molecule has 3 atom stereocenters. The summed E-state index contributed by atoms with van der Waals surface area (Å²) in [6, 6.07) is 17.8. The van der Waals surface area contributed by atoms with Gasteiger partial charge < -0.3 is 20.6 Å². The molecule has 0 aliphatic rings. The quantitative estimate of drug-likeness (QED) is 0.312. The Labute approximate surface area is 239 Å². The summed E-state index contributed by atoms with van der Waals surface area (Å²) in [6.45, 7) is 9.41. The first-order chi connectivity index (χ1) is 17.9. The van der Waals surface area contributed by atoms with E-state index in [9.17, 15) is 19.5 Å². The van der Waals surface area contributed by atoms with Crippen LogP contribution in [0, 0.1) is 5.92 Å². The molecule has 39 heavy (non-hydrogen) atoms. The maximum Gasteiger partial charge on any atom is 0.331 e. The zero-order valence-electron chi connectivity index (χ0n) is 24.1. The van der Waals surface area contributed by atoms with Crippen LogP contribution in [-0.4, -0.2) is 60.0 Å². The standard InChI is InChI=1S/C31H43N3O4.ClH/c1-21(2)26(20-22(3)30(37)38)34(7)29(36)25(19-18-23-14-10-8-11-15-23)33-28(35)27(32-6)31(4,5)24-16-12-9-13-17-24;/h8-17,20-21,25-27,32H,18-19H2,1-7H3,(H,33,35)(H,37,38);1H/b22-20+;/t25-,26+,27+;/m0./s1. The second-order valence-electron chi connectivity index (χ2n) is 10.7. The van der Waals surface area contributed by atoms with Crippen LogP contribution in [0.1, 0.15) is 52.2 Å². The van der Waals surface area contributed by atoms with Gasteiger partial charge in [-0.2, -0.15) is 0 Å². The van der Waals surface area contributed by atoms with Gasteiger partial charge in [0.05, 0.1) is 12.1 Å². The molecule has 0 fully saturated rings. The van der Waals surface area contributed by atoms with Crippen molar-refractivity contribution in [1.29, 1.82) is 0 Å². The predicted octanol–water partition coefficient (Wildman–Crippen LogP) is 4.61. The van der Waals surface area contributed by atoms with Crippen LogP contribution in [0.2, 0.25) is 0 Å². The highest BCUT2D eigenvalue weighted by atomic mass is 35.5. The smallest absolute Gasteiger partial charge is 0.331 e. The van der Waals surface area contributed by atoms with Crippen molar-refractivity contribution < 1.29 is 19.5 Å². The number of carboxylic acid groups (broad SMARTS) is 1. The van der Waals surface area contributed by atoms with Gasteiger partial charge in [-0.05, 0) is 43.9 Å². The van der Waals surface area contributed by atoms with Gasteiger partial charge in [-0.3, -0.25) is 9.59 Å². The Hall–Kier alpha value is -3.16. The molecule has 0 spiro atoms. The Morgan fingerprint density at radius 1 is 1.00 bits per heavy atom. The number of carbonyl (C=O) groups excluding carboxylic acids is 2. The average Bonchev–Trinajstić information content (AvgIpc) is 2.89. The van der Waals surface area contributed by atoms with Crippen molar-refractivity contribution in [3.05, 3.63) is 83.4 Å². The molecule has 0 unspecified atom stereocenters. The van der Waals surface area contributed by atoms with Crippen LogP contribution in [0.5, 0.6) is 0 Å². The van der Waals surface area contributed by atoms with Crippen molar-refractivity contribution in [2.24, 2.45) is 5.92 Å². The van der Waals surface area contributed by atoms with Crippen LogP contribution in [-0.2, 0) is 26.2 Å². The van der Waals surface area contributed by atoms with Gasteiger partial charge in [0, 0.05) is 18.0 Å². The fourth-order valence-corrected chi connectivity index (χ4v) is 4.79. The lowest BCUT2D eigenvalue weighted by Gasteiger charge is -2.36. The van der Waals surface area contributed by atoms with Crippen molar-refractivity contribution in [2.45, 2.75) is 71.0 Å². The number of benzene rings is 2. The molecule has 2 aromatic carbocycles. The largest absolute Gasteiger partial charge is 0.478 e. The molecule has 2 aromatic rings. The monoisotopic (exact) mass is 557 g/mol. The zero-order chi connectivity index (χ0) is 28.5. The summed E-state index contributed by atoms with van der Waals surface area (Å²) in [5.41, 5.74) is 1.71. The first kappa shape index (κ1) is 33.9. The summed E-state index contributed by atoms with van der Waals surface area (Å²) < 4.78 is 0. The first-order valence-corrected chi connectivity index (χ1v) is 13.2. The van der Waals surface area contributed by atoms with Gasteiger partial charge in [0.25, 0.3) is 0 Å². The van der Waals surface area contributed by atoms with Crippen molar-refractivity contribution in [3.63, 3.8) is 0 Å². The summed E-state index contributed by atoms with van der Waals surface area (Å²) in [5, 5.41) is 15.6. The number of nitrogens with zero attached hydrogens (tertiary/aromatic N) is 1. The second-order valence-corrected chi connectivity index (χ2v) is 10.7. The fourth-order valence-electron chi connectivity index (χ4n) is 4.79. The van der Waals surface area contributed by atoms with Gasteiger partial charge in [0.2, 0.25) is 11.8 Å². The molecule has 0 aromatic heterocycles. The van der Waals surface area contributed by atoms with E-state index in [1.54, 1.807) is 25.1 Å². The van der Waals surface area contributed by atoms with Crippen LogP contribution < -0.4 is 10.6 Å². The van der Waals surface area contributed by atoms with E-state index in [-0.39, 0.29) is 35.7 Å². The van der Waals surface area contributed by atoms with Crippen LogP contribution in [0.4, 0.5) is 0 Å². The summed E-state index contributed by atoms with van der Waals surface area (Å²) >= 11 is 0. The Morgan fingerprint density at radius 2 is 1.54 bits per heavy atom. The zero-order valence-corrected chi connectivity index (χ0v) is 24.9. The molecule has 0 aliphatic carbocycles. The minimum absolute atomic E-state index is 0. The highest BCUT2D eigenvalue weighted by Crippen LogP contribution is 2.27. The summed E-state index contributed by atoms with van der Waals surface area (Å²) in [7, 11) is 3.42. The van der Waals surface area contributed by atoms with Crippen molar-refractivity contribution in [3.8, 4) is 0 Å². The predicted molar refractivity (Wildman–Crippen MR) is 159 cm³/mol. The Bertz CT molecular complexity index is 1100. The number of likely N-dealkylation sites (N-methyl/N-ethyl adjacent to an activating group) is 2. The number of amides is 2. The van der Waals surface area contributed by atoms with Crippen molar-refractivity contribution in [2.75, 3.05) is 14.1 Å². The number of aliphatic carboxylic acids is 1. The van der Waals surface area contributed by atoms with E-state index in [0.717, 1.165) is 11.1 Å². The summed E-state index contributed by atoms with van der Waals surface area (Å²) in [4.78, 5) is 40.6. The van der Waals surface area contributed by atoms with E-state index in [0.29, 0.717) is 12.8 Å². The van der Waals surface area contributed by atoms with Crippen LogP contribution in [0.15, 0.2) is 72.3 Å². The number of halogens is 1. The number of hydrogen-bond donors (Lipinski definition) is 3. The van der Waals surface area contributed by atoms with E-state index in [1.165, 1.54) is 6.92 Å². The summed E-state index contributed by atoms with van der Waals surface area (Å²) in [5.74, 6) is -1.56. The molecular formula is C31H44ClN3O4. The van der Waals surface area contributed by atoms with Crippen LogP contribution >= 0.6 is 12.4 Å². The maximum absolute atomic E-state index is 13.8. The summed E-state index contributed by atoms with van der Waals surface area (Å²) in [6.07, 6.45) is 2.62. The normalized spacial score (nSPS) is 14.1. The van der Waals surface area contributed by atoms with Crippen molar-refractivity contribution >= 4 is 30.2 Å². The number of nitrogens with one attached hydrogen (secondary N) is 2. The lowest BCUT2D eigenvalue weighted by atomic mass is 9.77. The number of carboxylic acids is 1. The third-order valence-electron chi connectivity index (χ3n) is 7.21. The number of carbonyl (C=O) groups is 3. The van der Waals surface area contributed by atoms with Crippen LogP contribution in [0.25, 0.3) is 0 Å².